The van der Waals surface area contributed by atoms with Crippen LogP contribution in [0, 0.1) is 6.92 Å². The largest absolute Gasteiger partial charge is 0.245 e. The van der Waals surface area contributed by atoms with Crippen LogP contribution in [0.2, 0.25) is 0 Å². The van der Waals surface area contributed by atoms with E-state index in [0.717, 1.165) is 89.1 Å². The topological polar surface area (TPSA) is 51.6 Å². The van der Waals surface area contributed by atoms with Gasteiger partial charge >= 0.3 is 0 Å². The smallest absolute Gasteiger partial charge is 0.160 e. The van der Waals surface area contributed by atoms with Crippen LogP contribution in [-0.2, 0) is 0 Å². The fourth-order valence-electron chi connectivity index (χ4n) is 7.55. The van der Waals surface area contributed by atoms with Gasteiger partial charge in [0.05, 0.1) is 33.8 Å². The summed E-state index contributed by atoms with van der Waals surface area (Å²) in [6.45, 7) is 2.15. The summed E-state index contributed by atoms with van der Waals surface area (Å²) >= 11 is 0. The highest BCUT2D eigenvalue weighted by atomic mass is 14.9. The van der Waals surface area contributed by atoms with E-state index in [1.165, 1.54) is 11.1 Å². The van der Waals surface area contributed by atoms with Crippen LogP contribution in [0.15, 0.2) is 200 Å². The van der Waals surface area contributed by atoms with Crippen molar-refractivity contribution >= 4 is 21.8 Å². The van der Waals surface area contributed by atoms with Gasteiger partial charge in [-0.2, -0.15) is 0 Å². The molecule has 0 radical (unpaired) electrons. The number of fused-ring (bicyclic) bond motifs is 3. The molecular formula is C53H36N4. The lowest BCUT2D eigenvalue weighted by molar-refractivity contribution is 1.18. The summed E-state index contributed by atoms with van der Waals surface area (Å²) in [4.78, 5) is 20.5. The molecule has 57 heavy (non-hydrogen) atoms. The Labute approximate surface area is 331 Å². The van der Waals surface area contributed by atoms with Crippen molar-refractivity contribution in [3.8, 4) is 78.7 Å². The Balaban J connectivity index is 0.951. The lowest BCUT2D eigenvalue weighted by Gasteiger charge is -2.11. The molecule has 4 heteroatoms. The monoisotopic (exact) mass is 728 g/mol. The van der Waals surface area contributed by atoms with Gasteiger partial charge < -0.3 is 0 Å². The fourth-order valence-corrected chi connectivity index (χ4v) is 7.55. The Kier molecular flexibility index (Phi) is 8.69. The molecular weight excluding hydrogens is 693 g/mol. The maximum Gasteiger partial charge on any atom is 0.160 e. The van der Waals surface area contributed by atoms with Gasteiger partial charge in [-0.25, -0.2) is 19.9 Å². The van der Waals surface area contributed by atoms with E-state index < -0.39 is 0 Å². The van der Waals surface area contributed by atoms with E-state index >= 15 is 0 Å². The molecule has 0 bridgehead atoms. The van der Waals surface area contributed by atoms with E-state index in [1.807, 2.05) is 30.3 Å². The van der Waals surface area contributed by atoms with Crippen molar-refractivity contribution < 1.29 is 0 Å². The predicted molar refractivity (Wildman–Crippen MR) is 235 cm³/mol. The fraction of sp³-hybridized carbons (Fsp3) is 0.0189. The number of rotatable bonds is 7. The van der Waals surface area contributed by atoms with Crippen LogP contribution in [0.5, 0.6) is 0 Å². The normalized spacial score (nSPS) is 11.2. The van der Waals surface area contributed by atoms with Gasteiger partial charge in [-0.05, 0) is 52.9 Å². The quantitative estimate of drug-likeness (QED) is 0.153. The molecule has 0 aliphatic carbocycles. The van der Waals surface area contributed by atoms with Crippen molar-refractivity contribution in [2.24, 2.45) is 0 Å². The van der Waals surface area contributed by atoms with Gasteiger partial charge in [0, 0.05) is 38.6 Å². The SMILES string of the molecule is Cc1cc(-c2ccccc2)nc2c1ccc1ccc(-c3ccc(-c4ccc(-c5cc(-c6ccccc6)nc(-c6ccc(-c7ccccc7)cc6)n5)cc4)cc3)nc12. The van der Waals surface area contributed by atoms with Crippen molar-refractivity contribution in [3.05, 3.63) is 206 Å². The first-order valence-corrected chi connectivity index (χ1v) is 19.2. The molecule has 0 unspecified atom stereocenters. The zero-order valence-corrected chi connectivity index (χ0v) is 31.3. The molecule has 268 valence electrons. The summed E-state index contributed by atoms with van der Waals surface area (Å²) in [5.41, 5.74) is 16.5. The molecule has 4 nitrogen and oxygen atoms in total. The number of hydrogen-bond donors (Lipinski definition) is 0. The Bertz CT molecular complexity index is 3020. The minimum absolute atomic E-state index is 0.698. The number of aromatic nitrogens is 4. The van der Waals surface area contributed by atoms with Gasteiger partial charge in [0.25, 0.3) is 0 Å². The van der Waals surface area contributed by atoms with Crippen LogP contribution < -0.4 is 0 Å². The number of nitrogens with zero attached hydrogens (tertiary/aromatic N) is 4. The summed E-state index contributed by atoms with van der Waals surface area (Å²) in [6, 6.07) is 69.7. The lowest BCUT2D eigenvalue weighted by Crippen LogP contribution is -1.96. The van der Waals surface area contributed by atoms with E-state index in [2.05, 4.69) is 177 Å². The molecule has 0 fully saturated rings. The highest BCUT2D eigenvalue weighted by Gasteiger charge is 2.14. The van der Waals surface area contributed by atoms with Crippen LogP contribution in [0.25, 0.3) is 100 Å². The van der Waals surface area contributed by atoms with E-state index in [4.69, 9.17) is 19.9 Å². The summed E-state index contributed by atoms with van der Waals surface area (Å²) in [6.07, 6.45) is 0. The molecule has 0 aliphatic rings. The van der Waals surface area contributed by atoms with Crippen LogP contribution in [0.1, 0.15) is 5.56 Å². The van der Waals surface area contributed by atoms with E-state index in [0.29, 0.717) is 5.82 Å². The highest BCUT2D eigenvalue weighted by molar-refractivity contribution is 6.05. The zero-order valence-electron chi connectivity index (χ0n) is 31.3. The standard InChI is InChI=1S/C53H36N4/c1-35-33-48(40-13-7-3-8-14-40)55-52-46(35)31-29-44-30-32-47(54-51(44)52)42-23-17-38(18-24-42)39-19-25-43(26-20-39)50-34-49(41-15-9-4-10-16-41)56-53(57-50)45-27-21-37(22-28-45)36-11-5-2-6-12-36/h2-34H,1H3. The lowest BCUT2D eigenvalue weighted by atomic mass is 9.99. The van der Waals surface area contributed by atoms with Gasteiger partial charge in [0.15, 0.2) is 5.82 Å². The maximum absolute atomic E-state index is 5.20. The molecule has 7 aromatic carbocycles. The first kappa shape index (κ1) is 34.0. The summed E-state index contributed by atoms with van der Waals surface area (Å²) in [7, 11) is 0. The molecule has 10 aromatic rings. The molecule has 3 heterocycles. The average Bonchev–Trinajstić information content (AvgIpc) is 3.29. The predicted octanol–water partition coefficient (Wildman–Crippen LogP) is 13.6. The number of hydrogen-bond acceptors (Lipinski definition) is 4. The molecule has 0 N–H and O–H groups in total. The van der Waals surface area contributed by atoms with Crippen molar-refractivity contribution in [2.45, 2.75) is 6.92 Å². The Morgan fingerprint density at radius 3 is 1.21 bits per heavy atom. The van der Waals surface area contributed by atoms with Gasteiger partial charge in [-0.3, -0.25) is 0 Å². The second-order valence-corrected chi connectivity index (χ2v) is 14.3. The zero-order chi connectivity index (χ0) is 38.1. The summed E-state index contributed by atoms with van der Waals surface area (Å²) < 4.78 is 0. The Morgan fingerprint density at radius 2 is 0.667 bits per heavy atom. The molecule has 0 atom stereocenters. The van der Waals surface area contributed by atoms with E-state index in [-0.39, 0.29) is 0 Å². The minimum Gasteiger partial charge on any atom is -0.245 e. The minimum atomic E-state index is 0.698. The number of pyridine rings is 2. The third kappa shape index (κ3) is 6.75. The first-order valence-electron chi connectivity index (χ1n) is 19.2. The van der Waals surface area contributed by atoms with E-state index in [1.54, 1.807) is 0 Å². The molecule has 0 saturated heterocycles. The molecule has 3 aromatic heterocycles. The first-order chi connectivity index (χ1) is 28.1. The maximum atomic E-state index is 5.20. The van der Waals surface area contributed by atoms with Crippen LogP contribution in [0.4, 0.5) is 0 Å². The van der Waals surface area contributed by atoms with Gasteiger partial charge in [0.1, 0.15) is 0 Å². The second kappa shape index (κ2) is 14.6. The van der Waals surface area contributed by atoms with Crippen molar-refractivity contribution in [2.75, 3.05) is 0 Å². The summed E-state index contributed by atoms with van der Waals surface area (Å²) in [5.74, 6) is 0.698. The van der Waals surface area contributed by atoms with Crippen molar-refractivity contribution in [3.63, 3.8) is 0 Å². The Hall–Kier alpha value is -7.56. The van der Waals surface area contributed by atoms with Crippen LogP contribution >= 0.6 is 0 Å². The second-order valence-electron chi connectivity index (χ2n) is 14.3. The van der Waals surface area contributed by atoms with Crippen LogP contribution in [-0.4, -0.2) is 19.9 Å². The van der Waals surface area contributed by atoms with Crippen molar-refractivity contribution in [1.29, 1.82) is 0 Å². The molecule has 0 amide bonds. The molecule has 10 rings (SSSR count). The third-order valence-corrected chi connectivity index (χ3v) is 10.7. The molecule has 0 saturated carbocycles. The highest BCUT2D eigenvalue weighted by Crippen LogP contribution is 2.33. The van der Waals surface area contributed by atoms with E-state index in [9.17, 15) is 0 Å². The Morgan fingerprint density at radius 1 is 0.281 bits per heavy atom. The van der Waals surface area contributed by atoms with Gasteiger partial charge in [-0.1, -0.05) is 182 Å². The third-order valence-electron chi connectivity index (χ3n) is 10.7. The summed E-state index contributed by atoms with van der Waals surface area (Å²) in [5, 5.41) is 2.20. The van der Waals surface area contributed by atoms with Gasteiger partial charge in [0.2, 0.25) is 0 Å². The van der Waals surface area contributed by atoms with Crippen LogP contribution in [0.3, 0.4) is 0 Å². The molecule has 0 aliphatic heterocycles. The van der Waals surface area contributed by atoms with Crippen molar-refractivity contribution in [1.82, 2.24) is 19.9 Å². The molecule has 0 spiro atoms. The van der Waals surface area contributed by atoms with Gasteiger partial charge in [-0.15, -0.1) is 0 Å². The average molecular weight is 729 g/mol. The number of aryl methyl sites for hydroxylation is 1. The number of benzene rings is 7.